The molecule has 1 fully saturated rings. The second-order valence-electron chi connectivity index (χ2n) is 7.87. The van der Waals surface area contributed by atoms with Gasteiger partial charge in [-0.2, -0.15) is 0 Å². The van der Waals surface area contributed by atoms with Gasteiger partial charge in [0.05, 0.1) is 13.2 Å². The Bertz CT molecular complexity index is 940. The normalized spacial score (nSPS) is 18.2. The third kappa shape index (κ3) is 6.98. The number of carbonyl (C=O) groups is 2. The third-order valence-corrected chi connectivity index (χ3v) is 5.38. The van der Waals surface area contributed by atoms with Crippen LogP contribution in [0.15, 0.2) is 36.4 Å². The fourth-order valence-electron chi connectivity index (χ4n) is 3.76. The van der Waals surface area contributed by atoms with Gasteiger partial charge in [0.15, 0.2) is 0 Å². The van der Waals surface area contributed by atoms with Crippen molar-refractivity contribution in [1.29, 1.82) is 0 Å². The molecule has 0 spiro atoms. The zero-order valence-corrected chi connectivity index (χ0v) is 17.3. The molecule has 32 heavy (non-hydrogen) atoms. The Balaban J connectivity index is 1.44. The predicted octanol–water partition coefficient (Wildman–Crippen LogP) is 5.23. The molecule has 9 heteroatoms. The van der Waals surface area contributed by atoms with E-state index in [1.165, 1.54) is 12.1 Å². The minimum Gasteiger partial charge on any atom is -0.480 e. The first-order valence-electron chi connectivity index (χ1n) is 10.3. The van der Waals surface area contributed by atoms with Crippen molar-refractivity contribution in [2.45, 2.75) is 25.7 Å². The number of ether oxygens (including phenoxy) is 2. The van der Waals surface area contributed by atoms with Gasteiger partial charge in [0.1, 0.15) is 24.1 Å². The number of hydrogen-bond acceptors (Lipinski definition) is 4. The summed E-state index contributed by atoms with van der Waals surface area (Å²) in [6, 6.07) is 6.55. The Morgan fingerprint density at radius 1 is 0.938 bits per heavy atom. The summed E-state index contributed by atoms with van der Waals surface area (Å²) in [5.41, 5.74) is 0.219. The predicted molar refractivity (Wildman–Crippen MR) is 111 cm³/mol. The lowest BCUT2D eigenvalue weighted by Crippen LogP contribution is -2.25. The Morgan fingerprint density at radius 2 is 1.56 bits per heavy atom. The summed E-state index contributed by atoms with van der Waals surface area (Å²) in [4.78, 5) is 22.5. The number of amides is 1. The van der Waals surface area contributed by atoms with Crippen LogP contribution in [-0.2, 0) is 14.3 Å². The standard InChI is InChI=1S/C23H24F3NO5/c24-17-7-16(8-18(25)9-17)20-6-5-19(10-21(20)26)27-23(30)32-12-15-3-1-14(2-4-15)11-31-13-22(28)29/h5-10,14-15H,1-4,11-13H2,(H,27,30)(H,28,29). The van der Waals surface area contributed by atoms with E-state index >= 15 is 0 Å². The zero-order valence-electron chi connectivity index (χ0n) is 17.3. The van der Waals surface area contributed by atoms with E-state index in [0.717, 1.165) is 43.9 Å². The van der Waals surface area contributed by atoms with E-state index in [1.807, 2.05) is 0 Å². The molecule has 0 saturated heterocycles. The topological polar surface area (TPSA) is 84.9 Å². The van der Waals surface area contributed by atoms with E-state index in [0.29, 0.717) is 18.6 Å². The molecular weight excluding hydrogens is 427 g/mol. The maximum Gasteiger partial charge on any atom is 0.411 e. The van der Waals surface area contributed by atoms with Crippen molar-refractivity contribution in [3.8, 4) is 11.1 Å². The number of anilines is 1. The van der Waals surface area contributed by atoms with Crippen LogP contribution in [-0.4, -0.2) is 37.0 Å². The summed E-state index contributed by atoms with van der Waals surface area (Å²) in [7, 11) is 0. The van der Waals surface area contributed by atoms with Gasteiger partial charge in [-0.25, -0.2) is 22.8 Å². The van der Waals surface area contributed by atoms with Crippen LogP contribution in [0.1, 0.15) is 25.7 Å². The number of carboxylic acid groups (broad SMARTS) is 1. The van der Waals surface area contributed by atoms with Crippen LogP contribution in [0.3, 0.4) is 0 Å². The first-order valence-corrected chi connectivity index (χ1v) is 10.3. The average Bonchev–Trinajstić information content (AvgIpc) is 2.72. The van der Waals surface area contributed by atoms with Gasteiger partial charge in [0.25, 0.3) is 0 Å². The van der Waals surface area contributed by atoms with Crippen molar-refractivity contribution >= 4 is 17.7 Å². The van der Waals surface area contributed by atoms with Crippen LogP contribution in [0.4, 0.5) is 23.7 Å². The molecule has 2 N–H and O–H groups in total. The summed E-state index contributed by atoms with van der Waals surface area (Å²) >= 11 is 0. The molecular formula is C23H24F3NO5. The van der Waals surface area contributed by atoms with E-state index in [4.69, 9.17) is 14.6 Å². The molecule has 0 radical (unpaired) electrons. The summed E-state index contributed by atoms with van der Waals surface area (Å²) in [5.74, 6) is -2.86. The van der Waals surface area contributed by atoms with Crippen molar-refractivity contribution in [3.05, 3.63) is 53.8 Å². The maximum absolute atomic E-state index is 14.4. The van der Waals surface area contributed by atoms with Gasteiger partial charge in [-0.3, -0.25) is 5.32 Å². The monoisotopic (exact) mass is 451 g/mol. The van der Waals surface area contributed by atoms with E-state index in [-0.39, 0.29) is 35.9 Å². The van der Waals surface area contributed by atoms with Gasteiger partial charge in [0.2, 0.25) is 0 Å². The summed E-state index contributed by atoms with van der Waals surface area (Å²) in [6.07, 6.45) is 2.68. The van der Waals surface area contributed by atoms with Gasteiger partial charge in [-0.05, 0) is 73.4 Å². The minimum atomic E-state index is -0.990. The lowest BCUT2D eigenvalue weighted by Gasteiger charge is -2.27. The summed E-state index contributed by atoms with van der Waals surface area (Å²) in [6.45, 7) is 0.325. The molecule has 1 aliphatic carbocycles. The highest BCUT2D eigenvalue weighted by molar-refractivity contribution is 5.85. The van der Waals surface area contributed by atoms with Gasteiger partial charge in [-0.15, -0.1) is 0 Å². The Morgan fingerprint density at radius 3 is 2.16 bits per heavy atom. The lowest BCUT2D eigenvalue weighted by molar-refractivity contribution is -0.142. The summed E-state index contributed by atoms with van der Waals surface area (Å²) < 4.78 is 51.5. The minimum absolute atomic E-state index is 0.00594. The highest BCUT2D eigenvalue weighted by Crippen LogP contribution is 2.30. The van der Waals surface area contributed by atoms with Gasteiger partial charge >= 0.3 is 12.1 Å². The molecule has 0 aliphatic heterocycles. The van der Waals surface area contributed by atoms with Crippen LogP contribution in [0, 0.1) is 29.3 Å². The molecule has 2 aromatic carbocycles. The Kier molecular flexibility index (Phi) is 8.10. The molecule has 2 aromatic rings. The highest BCUT2D eigenvalue weighted by atomic mass is 19.1. The van der Waals surface area contributed by atoms with E-state index in [9.17, 15) is 22.8 Å². The Labute approximate surface area is 183 Å². The smallest absolute Gasteiger partial charge is 0.411 e. The zero-order chi connectivity index (χ0) is 23.1. The molecule has 0 aromatic heterocycles. The van der Waals surface area contributed by atoms with Gasteiger partial charge in [0, 0.05) is 17.3 Å². The number of benzene rings is 2. The summed E-state index contributed by atoms with van der Waals surface area (Å²) in [5, 5.41) is 11.0. The van der Waals surface area contributed by atoms with Crippen LogP contribution >= 0.6 is 0 Å². The van der Waals surface area contributed by atoms with E-state index < -0.39 is 29.5 Å². The number of carbonyl (C=O) groups excluding carboxylic acids is 1. The molecule has 0 unspecified atom stereocenters. The number of halogens is 3. The largest absolute Gasteiger partial charge is 0.480 e. The number of carboxylic acids is 1. The van der Waals surface area contributed by atoms with Crippen LogP contribution in [0.2, 0.25) is 0 Å². The maximum atomic E-state index is 14.4. The average molecular weight is 451 g/mol. The fourth-order valence-corrected chi connectivity index (χ4v) is 3.76. The third-order valence-electron chi connectivity index (χ3n) is 5.38. The number of hydrogen-bond donors (Lipinski definition) is 2. The fraction of sp³-hybridized carbons (Fsp3) is 0.391. The number of nitrogens with one attached hydrogen (secondary N) is 1. The number of aliphatic carboxylic acids is 1. The molecule has 1 saturated carbocycles. The van der Waals surface area contributed by atoms with E-state index in [1.54, 1.807) is 0 Å². The molecule has 3 rings (SSSR count). The molecule has 0 heterocycles. The highest BCUT2D eigenvalue weighted by Gasteiger charge is 2.23. The molecule has 1 amide bonds. The van der Waals surface area contributed by atoms with Crippen LogP contribution in [0.5, 0.6) is 0 Å². The van der Waals surface area contributed by atoms with Crippen molar-refractivity contribution in [2.75, 3.05) is 25.1 Å². The second kappa shape index (κ2) is 11.0. The van der Waals surface area contributed by atoms with Gasteiger partial charge in [-0.1, -0.05) is 0 Å². The molecule has 172 valence electrons. The molecule has 0 atom stereocenters. The van der Waals surface area contributed by atoms with Crippen molar-refractivity contribution in [3.63, 3.8) is 0 Å². The van der Waals surface area contributed by atoms with Crippen molar-refractivity contribution in [1.82, 2.24) is 0 Å². The van der Waals surface area contributed by atoms with Crippen LogP contribution in [0.25, 0.3) is 11.1 Å². The van der Waals surface area contributed by atoms with Crippen LogP contribution < -0.4 is 5.32 Å². The molecule has 1 aliphatic rings. The molecule has 0 bridgehead atoms. The number of rotatable bonds is 8. The Hall–Kier alpha value is -3.07. The van der Waals surface area contributed by atoms with Crippen molar-refractivity contribution in [2.24, 2.45) is 11.8 Å². The quantitative estimate of drug-likeness (QED) is 0.574. The second-order valence-corrected chi connectivity index (χ2v) is 7.87. The molecule has 6 nitrogen and oxygen atoms in total. The SMILES string of the molecule is O=C(O)COCC1CCC(COC(=O)Nc2ccc(-c3cc(F)cc(F)c3)c(F)c2)CC1. The van der Waals surface area contributed by atoms with Gasteiger partial charge < -0.3 is 14.6 Å². The first kappa shape index (κ1) is 23.6. The lowest BCUT2D eigenvalue weighted by atomic mass is 9.83. The first-order chi connectivity index (χ1) is 15.3. The van der Waals surface area contributed by atoms with Crippen molar-refractivity contribution < 1.29 is 37.3 Å². The van der Waals surface area contributed by atoms with E-state index in [2.05, 4.69) is 5.32 Å².